The maximum atomic E-state index is 12.0. The van der Waals surface area contributed by atoms with Gasteiger partial charge >= 0.3 is 0 Å². The van der Waals surface area contributed by atoms with Crippen LogP contribution in [-0.2, 0) is 9.59 Å². The maximum absolute atomic E-state index is 12.0. The van der Waals surface area contributed by atoms with Crippen molar-refractivity contribution < 1.29 is 19.1 Å². The third-order valence-corrected chi connectivity index (χ3v) is 4.69. The third-order valence-electron chi connectivity index (χ3n) is 4.01. The summed E-state index contributed by atoms with van der Waals surface area (Å²) in [5, 5.41) is 6.58. The second-order valence-electron chi connectivity index (χ2n) is 6.05. The van der Waals surface area contributed by atoms with Gasteiger partial charge in [0.25, 0.3) is 0 Å². The molecule has 148 valence electrons. The minimum Gasteiger partial charge on any atom is -0.493 e. The molecule has 0 aromatic heterocycles. The molecule has 2 aromatic rings. The Morgan fingerprint density at radius 3 is 2.36 bits per heavy atom. The molecular weight excluding hydrogens is 426 g/mol. The molecule has 0 unspecified atom stereocenters. The number of hydrazone groups is 1. The topological polar surface area (TPSA) is 89.0 Å². The molecule has 28 heavy (non-hydrogen) atoms. The zero-order chi connectivity index (χ0) is 20.7. The fraction of sp³-hybridized carbons (Fsp3) is 0.250. The van der Waals surface area contributed by atoms with E-state index in [1.165, 1.54) is 13.3 Å². The fourth-order valence-electron chi connectivity index (χ4n) is 2.35. The second-order valence-corrected chi connectivity index (χ2v) is 6.90. The Balaban J connectivity index is 1.92. The summed E-state index contributed by atoms with van der Waals surface area (Å²) in [6.07, 6.45) is 1.11. The number of amides is 2. The van der Waals surface area contributed by atoms with Crippen LogP contribution >= 0.6 is 15.9 Å². The molecular formula is C20H22BrN3O4. The Kier molecular flexibility index (Phi) is 7.57. The first-order valence-electron chi connectivity index (χ1n) is 8.44. The molecule has 2 amide bonds. The van der Waals surface area contributed by atoms with Crippen LogP contribution in [-0.4, -0.2) is 32.2 Å². The fourth-order valence-corrected chi connectivity index (χ4v) is 2.78. The summed E-state index contributed by atoms with van der Waals surface area (Å²) in [6.45, 7) is 3.95. The molecule has 0 aliphatic carbocycles. The molecule has 0 bridgehead atoms. The number of ether oxygens (including phenoxy) is 2. The lowest BCUT2D eigenvalue weighted by atomic mass is 10.1. The molecule has 0 radical (unpaired) electrons. The number of rotatable bonds is 7. The van der Waals surface area contributed by atoms with Crippen molar-refractivity contribution in [1.29, 1.82) is 0 Å². The number of anilines is 1. The molecule has 0 saturated heterocycles. The van der Waals surface area contributed by atoms with Gasteiger partial charge in [-0.15, -0.1) is 0 Å². The van der Waals surface area contributed by atoms with E-state index in [1.54, 1.807) is 25.3 Å². The Morgan fingerprint density at radius 1 is 1.04 bits per heavy atom. The molecule has 8 heteroatoms. The van der Waals surface area contributed by atoms with Gasteiger partial charge in [0.05, 0.1) is 20.4 Å². The van der Waals surface area contributed by atoms with E-state index in [4.69, 9.17) is 9.47 Å². The van der Waals surface area contributed by atoms with Crippen molar-refractivity contribution in [2.75, 3.05) is 19.5 Å². The van der Waals surface area contributed by atoms with Crippen LogP contribution in [0.1, 0.15) is 23.1 Å². The van der Waals surface area contributed by atoms with Crippen LogP contribution in [0, 0.1) is 13.8 Å². The first-order valence-corrected chi connectivity index (χ1v) is 9.24. The number of carbonyl (C=O) groups is 2. The van der Waals surface area contributed by atoms with E-state index in [0.717, 1.165) is 15.6 Å². The highest BCUT2D eigenvalue weighted by Gasteiger charge is 2.11. The maximum Gasteiger partial charge on any atom is 0.249 e. The number of hydrogen-bond donors (Lipinski definition) is 2. The van der Waals surface area contributed by atoms with Crippen LogP contribution in [0.3, 0.4) is 0 Å². The smallest absolute Gasteiger partial charge is 0.249 e. The molecule has 0 aliphatic rings. The van der Waals surface area contributed by atoms with Gasteiger partial charge in [-0.25, -0.2) is 5.43 Å². The lowest BCUT2D eigenvalue weighted by molar-refractivity contribution is -0.126. The average Bonchev–Trinajstić information content (AvgIpc) is 2.65. The van der Waals surface area contributed by atoms with Crippen molar-refractivity contribution in [3.63, 3.8) is 0 Å². The third kappa shape index (κ3) is 5.82. The number of nitrogens with zero attached hydrogens (tertiary/aromatic N) is 1. The highest BCUT2D eigenvalue weighted by Crippen LogP contribution is 2.32. The first-order chi connectivity index (χ1) is 13.3. The Labute approximate surface area is 172 Å². The van der Waals surface area contributed by atoms with Crippen LogP contribution in [0.15, 0.2) is 39.9 Å². The van der Waals surface area contributed by atoms with E-state index >= 15 is 0 Å². The van der Waals surface area contributed by atoms with Gasteiger partial charge in [0.1, 0.15) is 6.42 Å². The zero-order valence-corrected chi connectivity index (χ0v) is 17.7. The normalized spacial score (nSPS) is 10.6. The number of carbonyl (C=O) groups excluding carboxylic acids is 2. The number of benzene rings is 2. The van der Waals surface area contributed by atoms with Crippen molar-refractivity contribution in [3.05, 3.63) is 51.5 Å². The largest absolute Gasteiger partial charge is 0.493 e. The summed E-state index contributed by atoms with van der Waals surface area (Å²) in [7, 11) is 3.07. The summed E-state index contributed by atoms with van der Waals surface area (Å²) >= 11 is 3.40. The number of methoxy groups -OCH3 is 2. The van der Waals surface area contributed by atoms with Gasteiger partial charge in [0.15, 0.2) is 11.5 Å². The quantitative estimate of drug-likeness (QED) is 0.385. The summed E-state index contributed by atoms with van der Waals surface area (Å²) in [4.78, 5) is 23.9. The summed E-state index contributed by atoms with van der Waals surface area (Å²) < 4.78 is 11.2. The molecule has 0 saturated carbocycles. The van der Waals surface area contributed by atoms with Crippen LogP contribution in [0.5, 0.6) is 11.5 Å². The summed E-state index contributed by atoms with van der Waals surface area (Å²) in [5.74, 6) is 0.169. The molecule has 2 aromatic carbocycles. The lowest BCUT2D eigenvalue weighted by Crippen LogP contribution is -2.24. The van der Waals surface area contributed by atoms with Crippen LogP contribution in [0.4, 0.5) is 5.69 Å². The summed E-state index contributed by atoms with van der Waals surface area (Å²) in [6, 6.07) is 9.02. The predicted octanol–water partition coefficient (Wildman–Crippen LogP) is 3.56. The zero-order valence-electron chi connectivity index (χ0n) is 16.1. The van der Waals surface area contributed by atoms with Gasteiger partial charge in [-0.3, -0.25) is 9.59 Å². The lowest BCUT2D eigenvalue weighted by Gasteiger charge is -2.09. The van der Waals surface area contributed by atoms with Crippen molar-refractivity contribution >= 4 is 39.6 Å². The molecule has 2 rings (SSSR count). The number of halogens is 1. The van der Waals surface area contributed by atoms with Crippen molar-refractivity contribution in [1.82, 2.24) is 5.43 Å². The summed E-state index contributed by atoms with van der Waals surface area (Å²) in [5.41, 5.74) is 5.86. The van der Waals surface area contributed by atoms with E-state index in [9.17, 15) is 9.59 Å². The Morgan fingerprint density at radius 2 is 1.71 bits per heavy atom. The van der Waals surface area contributed by atoms with Crippen molar-refractivity contribution in [2.24, 2.45) is 5.10 Å². The molecule has 0 spiro atoms. The first kappa shape index (κ1) is 21.4. The van der Waals surface area contributed by atoms with Gasteiger partial charge in [-0.2, -0.15) is 5.10 Å². The highest BCUT2D eigenvalue weighted by molar-refractivity contribution is 9.10. The van der Waals surface area contributed by atoms with E-state index < -0.39 is 11.8 Å². The van der Waals surface area contributed by atoms with Gasteiger partial charge in [0.2, 0.25) is 11.8 Å². The van der Waals surface area contributed by atoms with Crippen LogP contribution in [0.25, 0.3) is 0 Å². The van der Waals surface area contributed by atoms with Gasteiger partial charge in [0, 0.05) is 15.7 Å². The predicted molar refractivity (Wildman–Crippen MR) is 112 cm³/mol. The SMILES string of the molecule is COc1cc(Br)c(C=NNC(=O)CC(=O)Nc2ccc(C)c(C)c2)cc1OC. The minimum absolute atomic E-state index is 0.336. The van der Waals surface area contributed by atoms with Crippen LogP contribution in [0.2, 0.25) is 0 Å². The second kappa shape index (κ2) is 9.89. The number of nitrogens with one attached hydrogen (secondary N) is 2. The molecule has 2 N–H and O–H groups in total. The molecule has 0 aliphatic heterocycles. The monoisotopic (exact) mass is 447 g/mol. The molecule has 0 atom stereocenters. The highest BCUT2D eigenvalue weighted by atomic mass is 79.9. The Bertz CT molecular complexity index is 913. The Hall–Kier alpha value is -2.87. The van der Waals surface area contributed by atoms with E-state index in [2.05, 4.69) is 31.8 Å². The van der Waals surface area contributed by atoms with Gasteiger partial charge < -0.3 is 14.8 Å². The van der Waals surface area contributed by atoms with Crippen molar-refractivity contribution in [2.45, 2.75) is 20.3 Å². The molecule has 0 fully saturated rings. The van der Waals surface area contributed by atoms with E-state index in [-0.39, 0.29) is 6.42 Å². The number of aryl methyl sites for hydroxylation is 2. The van der Waals surface area contributed by atoms with Gasteiger partial charge in [-0.05, 0) is 65.2 Å². The van der Waals surface area contributed by atoms with E-state index in [1.807, 2.05) is 26.0 Å². The van der Waals surface area contributed by atoms with E-state index in [0.29, 0.717) is 22.7 Å². The molecule has 0 heterocycles. The average molecular weight is 448 g/mol. The molecule has 7 nitrogen and oxygen atoms in total. The van der Waals surface area contributed by atoms with Crippen LogP contribution < -0.4 is 20.2 Å². The van der Waals surface area contributed by atoms with Gasteiger partial charge in [-0.1, -0.05) is 6.07 Å². The van der Waals surface area contributed by atoms with Crippen molar-refractivity contribution in [3.8, 4) is 11.5 Å². The number of hydrogen-bond acceptors (Lipinski definition) is 5. The standard InChI is InChI=1S/C20H22BrN3O4/c1-12-5-6-15(7-13(12)2)23-19(25)10-20(26)24-22-11-14-8-17(27-3)18(28-4)9-16(14)21/h5-9,11H,10H2,1-4H3,(H,23,25)(H,24,26). The minimum atomic E-state index is -0.519.